The first-order chi connectivity index (χ1) is 7.30. The van der Waals surface area contributed by atoms with Crippen molar-refractivity contribution in [3.05, 3.63) is 41.5 Å². The molecule has 1 aliphatic carbocycles. The standard InChI is InChI=1S/C13H12ClN/c14-8-2-4-11-3-1-5-12(9-11)13(10-15)6-7-13/h1-5,9H,6-8H2. The molecule has 2 rings (SSSR count). The zero-order valence-corrected chi connectivity index (χ0v) is 9.17. The largest absolute Gasteiger partial charge is 0.197 e. The molecule has 0 radical (unpaired) electrons. The Morgan fingerprint density at radius 2 is 2.27 bits per heavy atom. The summed E-state index contributed by atoms with van der Waals surface area (Å²) in [6.07, 6.45) is 5.88. The Hall–Kier alpha value is -1.26. The van der Waals surface area contributed by atoms with Gasteiger partial charge in [0.1, 0.15) is 0 Å². The van der Waals surface area contributed by atoms with Crippen LogP contribution in [0, 0.1) is 11.3 Å². The van der Waals surface area contributed by atoms with Gasteiger partial charge in [-0.3, -0.25) is 0 Å². The normalized spacial score (nSPS) is 17.6. The van der Waals surface area contributed by atoms with Crippen molar-refractivity contribution in [2.45, 2.75) is 18.3 Å². The van der Waals surface area contributed by atoms with Crippen LogP contribution in [-0.4, -0.2) is 5.88 Å². The third-order valence-corrected chi connectivity index (χ3v) is 2.98. The van der Waals surface area contributed by atoms with E-state index in [1.165, 1.54) is 0 Å². The number of hydrogen-bond acceptors (Lipinski definition) is 1. The van der Waals surface area contributed by atoms with E-state index < -0.39 is 0 Å². The highest BCUT2D eigenvalue weighted by molar-refractivity contribution is 6.19. The number of rotatable bonds is 3. The maximum absolute atomic E-state index is 9.09. The van der Waals surface area contributed by atoms with E-state index in [1.54, 1.807) is 0 Å². The van der Waals surface area contributed by atoms with E-state index in [9.17, 15) is 0 Å². The molecule has 1 aromatic rings. The van der Waals surface area contributed by atoms with Gasteiger partial charge in [-0.25, -0.2) is 0 Å². The number of hydrogen-bond donors (Lipinski definition) is 0. The molecule has 0 heterocycles. The minimum absolute atomic E-state index is 0.190. The molecule has 0 bridgehead atoms. The van der Waals surface area contributed by atoms with Crippen LogP contribution >= 0.6 is 11.6 Å². The Morgan fingerprint density at radius 1 is 1.47 bits per heavy atom. The minimum Gasteiger partial charge on any atom is -0.197 e. The van der Waals surface area contributed by atoms with E-state index in [-0.39, 0.29) is 5.41 Å². The van der Waals surface area contributed by atoms with Crippen molar-refractivity contribution < 1.29 is 0 Å². The Balaban J connectivity index is 2.28. The maximum atomic E-state index is 9.09. The third kappa shape index (κ3) is 2.06. The molecule has 1 aliphatic rings. The number of alkyl halides is 1. The lowest BCUT2D eigenvalue weighted by atomic mass is 9.96. The van der Waals surface area contributed by atoms with Crippen molar-refractivity contribution in [3.63, 3.8) is 0 Å². The van der Waals surface area contributed by atoms with Crippen molar-refractivity contribution in [3.8, 4) is 6.07 Å². The average Bonchev–Trinajstić information content (AvgIpc) is 3.08. The molecule has 0 saturated heterocycles. The van der Waals surface area contributed by atoms with Crippen molar-refractivity contribution in [2.24, 2.45) is 0 Å². The van der Waals surface area contributed by atoms with E-state index in [0.717, 1.165) is 24.0 Å². The molecule has 0 aromatic heterocycles. The van der Waals surface area contributed by atoms with Gasteiger partial charge in [0.05, 0.1) is 11.5 Å². The molecule has 0 N–H and O–H groups in total. The van der Waals surface area contributed by atoms with E-state index in [0.29, 0.717) is 5.88 Å². The van der Waals surface area contributed by atoms with Crippen LogP contribution in [0.5, 0.6) is 0 Å². The smallest absolute Gasteiger partial charge is 0.0824 e. The van der Waals surface area contributed by atoms with Crippen LogP contribution in [0.2, 0.25) is 0 Å². The van der Waals surface area contributed by atoms with E-state index in [4.69, 9.17) is 16.9 Å². The molecule has 1 fully saturated rings. The molecule has 0 spiro atoms. The second-order valence-corrected chi connectivity index (χ2v) is 4.18. The summed E-state index contributed by atoms with van der Waals surface area (Å²) in [5.74, 6) is 0.521. The monoisotopic (exact) mass is 217 g/mol. The zero-order valence-electron chi connectivity index (χ0n) is 8.41. The van der Waals surface area contributed by atoms with Crippen LogP contribution in [0.25, 0.3) is 6.08 Å². The Labute approximate surface area is 95.0 Å². The average molecular weight is 218 g/mol. The molecule has 0 amide bonds. The quantitative estimate of drug-likeness (QED) is 0.711. The summed E-state index contributed by atoms with van der Waals surface area (Å²) in [4.78, 5) is 0. The third-order valence-electron chi connectivity index (χ3n) is 2.80. The second kappa shape index (κ2) is 4.08. The molecular weight excluding hydrogens is 206 g/mol. The van der Waals surface area contributed by atoms with Crippen LogP contribution in [0.4, 0.5) is 0 Å². The van der Waals surface area contributed by atoms with Crippen LogP contribution in [-0.2, 0) is 5.41 Å². The molecular formula is C13H12ClN. The molecule has 15 heavy (non-hydrogen) atoms. The predicted molar refractivity (Wildman–Crippen MR) is 62.7 cm³/mol. The summed E-state index contributed by atoms with van der Waals surface area (Å²) < 4.78 is 0. The Morgan fingerprint density at radius 3 is 2.87 bits per heavy atom. The molecule has 1 aromatic carbocycles. The number of benzene rings is 1. The van der Waals surface area contributed by atoms with Gasteiger partial charge in [0.2, 0.25) is 0 Å². The highest BCUT2D eigenvalue weighted by atomic mass is 35.5. The molecule has 1 nitrogen and oxygen atoms in total. The summed E-state index contributed by atoms with van der Waals surface area (Å²) in [7, 11) is 0. The van der Waals surface area contributed by atoms with Gasteiger partial charge in [-0.2, -0.15) is 5.26 Å². The SMILES string of the molecule is N#CC1(c2cccc(C=CCCl)c2)CC1. The van der Waals surface area contributed by atoms with Crippen LogP contribution in [0.15, 0.2) is 30.3 Å². The molecule has 0 aliphatic heterocycles. The lowest BCUT2D eigenvalue weighted by Crippen LogP contribution is -2.01. The first kappa shape index (κ1) is 10.3. The van der Waals surface area contributed by atoms with Gasteiger partial charge in [-0.15, -0.1) is 11.6 Å². The molecule has 1 saturated carbocycles. The fourth-order valence-corrected chi connectivity index (χ4v) is 1.80. The van der Waals surface area contributed by atoms with Crippen molar-refractivity contribution in [1.29, 1.82) is 5.26 Å². The van der Waals surface area contributed by atoms with Gasteiger partial charge in [0.15, 0.2) is 0 Å². The van der Waals surface area contributed by atoms with E-state index >= 15 is 0 Å². The van der Waals surface area contributed by atoms with Crippen molar-refractivity contribution >= 4 is 17.7 Å². The van der Waals surface area contributed by atoms with Gasteiger partial charge in [0, 0.05) is 5.88 Å². The van der Waals surface area contributed by atoms with Gasteiger partial charge >= 0.3 is 0 Å². The Bertz CT molecular complexity index is 424. The molecule has 2 heteroatoms. The number of nitrogens with zero attached hydrogens (tertiary/aromatic N) is 1. The highest BCUT2D eigenvalue weighted by Gasteiger charge is 2.44. The Kier molecular flexibility index (Phi) is 2.79. The summed E-state index contributed by atoms with van der Waals surface area (Å²) >= 11 is 5.58. The summed E-state index contributed by atoms with van der Waals surface area (Å²) in [6, 6.07) is 10.5. The highest BCUT2D eigenvalue weighted by Crippen LogP contribution is 2.47. The summed E-state index contributed by atoms with van der Waals surface area (Å²) in [5, 5.41) is 9.09. The van der Waals surface area contributed by atoms with E-state index in [2.05, 4.69) is 12.1 Å². The maximum Gasteiger partial charge on any atom is 0.0824 e. The first-order valence-corrected chi connectivity index (χ1v) is 5.58. The van der Waals surface area contributed by atoms with Crippen LogP contribution < -0.4 is 0 Å². The van der Waals surface area contributed by atoms with Crippen LogP contribution in [0.1, 0.15) is 24.0 Å². The lowest BCUT2D eigenvalue weighted by Gasteiger charge is -2.06. The molecule has 76 valence electrons. The van der Waals surface area contributed by atoms with Gasteiger partial charge in [0.25, 0.3) is 0 Å². The van der Waals surface area contributed by atoms with Gasteiger partial charge in [-0.1, -0.05) is 36.4 Å². The minimum atomic E-state index is -0.190. The van der Waals surface area contributed by atoms with E-state index in [1.807, 2.05) is 30.4 Å². The molecule has 0 atom stereocenters. The van der Waals surface area contributed by atoms with Crippen molar-refractivity contribution in [2.75, 3.05) is 5.88 Å². The number of nitriles is 1. The van der Waals surface area contributed by atoms with Crippen LogP contribution in [0.3, 0.4) is 0 Å². The van der Waals surface area contributed by atoms with Gasteiger partial charge in [-0.05, 0) is 24.0 Å². The second-order valence-electron chi connectivity index (χ2n) is 3.88. The summed E-state index contributed by atoms with van der Waals surface area (Å²) in [6.45, 7) is 0. The summed E-state index contributed by atoms with van der Waals surface area (Å²) in [5.41, 5.74) is 2.07. The topological polar surface area (TPSA) is 23.8 Å². The fourth-order valence-electron chi connectivity index (χ4n) is 1.71. The first-order valence-electron chi connectivity index (χ1n) is 5.05. The predicted octanol–water partition coefficient (Wildman–Crippen LogP) is 3.49. The van der Waals surface area contributed by atoms with Gasteiger partial charge < -0.3 is 0 Å². The zero-order chi connectivity index (χ0) is 10.7. The molecule has 0 unspecified atom stereocenters. The number of allylic oxidation sites excluding steroid dienone is 1. The van der Waals surface area contributed by atoms with Crippen molar-refractivity contribution in [1.82, 2.24) is 0 Å². The number of halogens is 1. The fraction of sp³-hybridized carbons (Fsp3) is 0.308. The lowest BCUT2D eigenvalue weighted by molar-refractivity contribution is 0.908.